The monoisotopic (exact) mass is 352 g/mol. The number of anilines is 1. The lowest BCUT2D eigenvalue weighted by atomic mass is 10.2. The van der Waals surface area contributed by atoms with Crippen molar-refractivity contribution >= 4 is 11.8 Å². The van der Waals surface area contributed by atoms with E-state index < -0.39 is 35.7 Å². The van der Waals surface area contributed by atoms with Gasteiger partial charge in [0.1, 0.15) is 6.04 Å². The number of fused-ring (bicyclic) bond motifs is 1. The van der Waals surface area contributed by atoms with Crippen LogP contribution in [-0.2, 0) is 17.1 Å². The van der Waals surface area contributed by atoms with Gasteiger partial charge in [-0.2, -0.15) is 13.5 Å². The molecule has 25 heavy (non-hydrogen) atoms. The standard InChI is InChI=1S/C15H14F2N4O4/c16-15(17,11-3-1-2-6-20(11)25)8-19-12-13(22)21-9(7-18-12)4-5-10(21)14(23)24/h1-3,6-7,10H,4-5,8H2,(H,18,19)(H,23,24). The van der Waals surface area contributed by atoms with Crippen LogP contribution in [0.1, 0.15) is 23.9 Å². The summed E-state index contributed by atoms with van der Waals surface area (Å²) in [6.45, 7) is -1.03. The van der Waals surface area contributed by atoms with Gasteiger partial charge in [-0.05, 0) is 18.9 Å². The maximum absolute atomic E-state index is 14.2. The molecule has 0 spiro atoms. The maximum Gasteiger partial charge on any atom is 0.347 e. The number of alkyl halides is 2. The van der Waals surface area contributed by atoms with Gasteiger partial charge in [-0.1, -0.05) is 0 Å². The number of carboxylic acid groups (broad SMARTS) is 1. The van der Waals surface area contributed by atoms with E-state index in [1.165, 1.54) is 18.3 Å². The molecule has 1 atom stereocenters. The summed E-state index contributed by atoms with van der Waals surface area (Å²) in [5, 5.41) is 22.9. The van der Waals surface area contributed by atoms with Gasteiger partial charge < -0.3 is 15.6 Å². The van der Waals surface area contributed by atoms with Gasteiger partial charge in [0.25, 0.3) is 11.3 Å². The lowest BCUT2D eigenvalue weighted by Gasteiger charge is -2.17. The number of aryl methyl sites for hydroxylation is 1. The van der Waals surface area contributed by atoms with Crippen molar-refractivity contribution in [3.63, 3.8) is 0 Å². The van der Waals surface area contributed by atoms with E-state index in [0.29, 0.717) is 12.1 Å². The number of nitrogens with one attached hydrogen (secondary N) is 1. The normalized spacial score (nSPS) is 16.5. The van der Waals surface area contributed by atoms with Gasteiger partial charge in [0.2, 0.25) is 0 Å². The van der Waals surface area contributed by atoms with Crippen LogP contribution < -0.4 is 15.6 Å². The fraction of sp³-hybridized carbons (Fsp3) is 0.333. The number of aliphatic carboxylic acids is 1. The third kappa shape index (κ3) is 3.02. The number of aromatic nitrogens is 3. The molecule has 2 N–H and O–H groups in total. The molecule has 0 saturated carbocycles. The fourth-order valence-electron chi connectivity index (χ4n) is 2.79. The molecule has 8 nitrogen and oxygen atoms in total. The summed E-state index contributed by atoms with van der Waals surface area (Å²) in [6, 6.07) is 2.57. The van der Waals surface area contributed by atoms with Gasteiger partial charge >= 0.3 is 11.9 Å². The summed E-state index contributed by atoms with van der Waals surface area (Å²) < 4.78 is 29.5. The summed E-state index contributed by atoms with van der Waals surface area (Å²) in [4.78, 5) is 27.4. The maximum atomic E-state index is 14.2. The van der Waals surface area contributed by atoms with E-state index in [1.807, 2.05) is 0 Å². The first-order valence-electron chi connectivity index (χ1n) is 7.45. The molecule has 0 fully saturated rings. The second-order valence-corrected chi connectivity index (χ2v) is 5.64. The van der Waals surface area contributed by atoms with Crippen molar-refractivity contribution < 1.29 is 23.4 Å². The van der Waals surface area contributed by atoms with Crippen LogP contribution in [-0.4, -0.2) is 27.2 Å². The van der Waals surface area contributed by atoms with Gasteiger partial charge in [0.15, 0.2) is 12.0 Å². The average molecular weight is 352 g/mol. The molecule has 0 saturated heterocycles. The zero-order valence-corrected chi connectivity index (χ0v) is 12.9. The molecule has 3 rings (SSSR count). The van der Waals surface area contributed by atoms with Gasteiger partial charge in [-0.25, -0.2) is 9.78 Å². The van der Waals surface area contributed by atoms with E-state index in [4.69, 9.17) is 5.11 Å². The zero-order valence-electron chi connectivity index (χ0n) is 12.9. The third-order valence-electron chi connectivity index (χ3n) is 4.02. The van der Waals surface area contributed by atoms with E-state index in [9.17, 15) is 23.6 Å². The van der Waals surface area contributed by atoms with Crippen LogP contribution >= 0.6 is 0 Å². The number of rotatable bonds is 5. The first kappa shape index (κ1) is 16.8. The highest BCUT2D eigenvalue weighted by molar-refractivity contribution is 5.72. The summed E-state index contributed by atoms with van der Waals surface area (Å²) in [7, 11) is 0. The van der Waals surface area contributed by atoms with Crippen LogP contribution in [0.4, 0.5) is 14.6 Å². The van der Waals surface area contributed by atoms with Gasteiger partial charge in [0, 0.05) is 24.0 Å². The number of pyridine rings is 1. The minimum absolute atomic E-state index is 0.0467. The molecule has 0 aromatic carbocycles. The van der Waals surface area contributed by atoms with E-state index in [1.54, 1.807) is 0 Å². The summed E-state index contributed by atoms with van der Waals surface area (Å²) >= 11 is 0. The molecule has 0 bridgehead atoms. The van der Waals surface area contributed by atoms with Crippen LogP contribution in [0.15, 0.2) is 35.4 Å². The molecular formula is C15H14F2N4O4. The molecule has 10 heteroatoms. The molecule has 1 aliphatic heterocycles. The average Bonchev–Trinajstić information content (AvgIpc) is 2.99. The quantitative estimate of drug-likeness (QED) is 0.604. The van der Waals surface area contributed by atoms with E-state index >= 15 is 0 Å². The highest BCUT2D eigenvalue weighted by Crippen LogP contribution is 2.26. The van der Waals surface area contributed by atoms with Crippen LogP contribution in [0.25, 0.3) is 0 Å². The fourth-order valence-corrected chi connectivity index (χ4v) is 2.79. The summed E-state index contributed by atoms with van der Waals surface area (Å²) in [5.74, 6) is -5.10. The smallest absolute Gasteiger partial charge is 0.347 e. The lowest BCUT2D eigenvalue weighted by molar-refractivity contribution is -0.624. The summed E-state index contributed by atoms with van der Waals surface area (Å²) in [5.41, 5.74) is -1.11. The molecule has 0 aliphatic carbocycles. The zero-order chi connectivity index (χ0) is 18.2. The van der Waals surface area contributed by atoms with Crippen molar-refractivity contribution in [1.29, 1.82) is 0 Å². The van der Waals surface area contributed by atoms with Crippen molar-refractivity contribution in [3.05, 3.63) is 57.5 Å². The Balaban J connectivity index is 1.85. The van der Waals surface area contributed by atoms with Crippen LogP contribution in [0.5, 0.6) is 0 Å². The molecular weight excluding hydrogens is 338 g/mol. The van der Waals surface area contributed by atoms with E-state index in [0.717, 1.165) is 16.8 Å². The van der Waals surface area contributed by atoms with Gasteiger partial charge in [-0.15, -0.1) is 0 Å². The Hall–Kier alpha value is -3.04. The van der Waals surface area contributed by atoms with E-state index in [2.05, 4.69) is 10.3 Å². The van der Waals surface area contributed by atoms with E-state index in [-0.39, 0.29) is 17.0 Å². The Kier molecular flexibility index (Phi) is 4.11. The molecule has 132 valence electrons. The van der Waals surface area contributed by atoms with Crippen molar-refractivity contribution in [3.8, 4) is 0 Å². The molecule has 1 unspecified atom stereocenters. The number of nitrogens with zero attached hydrogens (tertiary/aromatic N) is 3. The minimum Gasteiger partial charge on any atom is -0.618 e. The molecule has 2 aromatic heterocycles. The predicted molar refractivity (Wildman–Crippen MR) is 81.3 cm³/mol. The second kappa shape index (κ2) is 6.11. The molecule has 0 amide bonds. The Morgan fingerprint density at radius 1 is 1.52 bits per heavy atom. The van der Waals surface area contributed by atoms with Crippen molar-refractivity contribution in [2.45, 2.75) is 24.8 Å². The van der Waals surface area contributed by atoms with Gasteiger partial charge in [0.05, 0.1) is 6.54 Å². The highest BCUT2D eigenvalue weighted by Gasteiger charge is 2.39. The van der Waals surface area contributed by atoms with Crippen molar-refractivity contribution in [2.24, 2.45) is 0 Å². The van der Waals surface area contributed by atoms with Crippen LogP contribution in [0, 0.1) is 5.21 Å². The molecule has 2 aromatic rings. The van der Waals surface area contributed by atoms with Crippen LogP contribution in [0.2, 0.25) is 0 Å². The number of carboxylic acids is 1. The Bertz CT molecular complexity index is 884. The Morgan fingerprint density at radius 2 is 2.28 bits per heavy atom. The Labute approximate surface area is 139 Å². The highest BCUT2D eigenvalue weighted by atomic mass is 19.3. The minimum atomic E-state index is -3.55. The number of hydrogen-bond donors (Lipinski definition) is 2. The number of carbonyl (C=O) groups is 1. The SMILES string of the molecule is O=C(O)C1CCc2cnc(NCC(F)(F)c3cccc[n+]3[O-])c(=O)n21. The topological polar surface area (TPSA) is 111 Å². The predicted octanol–water partition coefficient (Wildman–Crippen LogP) is 0.652. The number of hydrogen-bond acceptors (Lipinski definition) is 5. The number of halogens is 2. The second-order valence-electron chi connectivity index (χ2n) is 5.64. The van der Waals surface area contributed by atoms with Crippen molar-refractivity contribution in [1.82, 2.24) is 9.55 Å². The van der Waals surface area contributed by atoms with Crippen molar-refractivity contribution in [2.75, 3.05) is 11.9 Å². The first-order valence-corrected chi connectivity index (χ1v) is 7.45. The largest absolute Gasteiger partial charge is 0.618 e. The third-order valence-corrected chi connectivity index (χ3v) is 4.02. The summed E-state index contributed by atoms with van der Waals surface area (Å²) in [6.07, 6.45) is 2.85. The Morgan fingerprint density at radius 3 is 2.96 bits per heavy atom. The first-order chi connectivity index (χ1) is 11.8. The van der Waals surface area contributed by atoms with Gasteiger partial charge in [-0.3, -0.25) is 9.36 Å². The van der Waals surface area contributed by atoms with Crippen LogP contribution in [0.3, 0.4) is 0 Å². The molecule has 0 radical (unpaired) electrons. The molecule has 3 heterocycles. The lowest BCUT2D eigenvalue weighted by Crippen LogP contribution is -2.41. The molecule has 1 aliphatic rings.